The molecule has 1 atom stereocenters. The average molecular weight is 241 g/mol. The van der Waals surface area contributed by atoms with Gasteiger partial charge in [0.2, 0.25) is 0 Å². The van der Waals surface area contributed by atoms with Crippen LogP contribution in [0.2, 0.25) is 0 Å². The zero-order chi connectivity index (χ0) is 12.4. The topological polar surface area (TPSA) is 41.3 Å². The molecule has 4 heteroatoms. The Morgan fingerprint density at radius 1 is 1.33 bits per heavy atom. The number of nitrogens with one attached hydrogen (secondary N) is 1. The lowest BCUT2D eigenvalue weighted by Crippen LogP contribution is -2.24. The first kappa shape index (κ1) is 10.9. The molecule has 2 aromatic rings. The summed E-state index contributed by atoms with van der Waals surface area (Å²) in [5.41, 5.74) is 3.20. The van der Waals surface area contributed by atoms with E-state index in [4.69, 9.17) is 4.42 Å². The summed E-state index contributed by atoms with van der Waals surface area (Å²) in [5.74, 6) is 0. The Bertz CT molecular complexity index is 531. The molecule has 0 fully saturated rings. The molecule has 0 spiro atoms. The van der Waals surface area contributed by atoms with E-state index in [-0.39, 0.29) is 6.04 Å². The summed E-state index contributed by atoms with van der Waals surface area (Å²) < 4.78 is 5.07. The van der Waals surface area contributed by atoms with Crippen LogP contribution < -0.4 is 5.32 Å². The summed E-state index contributed by atoms with van der Waals surface area (Å²) in [4.78, 5) is 6.74. The molecule has 0 bridgehead atoms. The van der Waals surface area contributed by atoms with Crippen molar-refractivity contribution in [3.8, 4) is 11.1 Å². The van der Waals surface area contributed by atoms with Crippen molar-refractivity contribution in [3.63, 3.8) is 0 Å². The molecule has 1 unspecified atom stereocenters. The molecule has 0 aliphatic carbocycles. The van der Waals surface area contributed by atoms with Gasteiger partial charge < -0.3 is 14.6 Å². The molecule has 92 valence electrons. The van der Waals surface area contributed by atoms with E-state index in [1.54, 1.807) is 12.5 Å². The molecule has 1 aliphatic rings. The molecule has 1 aliphatic heterocycles. The molecule has 0 saturated heterocycles. The first-order chi connectivity index (χ1) is 8.84. The largest absolute Gasteiger partial charge is 0.472 e. The van der Waals surface area contributed by atoms with E-state index < -0.39 is 0 Å². The minimum atomic E-state index is 0.273. The average Bonchev–Trinajstić information content (AvgIpc) is 3.11. The molecule has 3 rings (SSSR count). The minimum absolute atomic E-state index is 0.273. The molecule has 0 aromatic carbocycles. The number of hydrogen-bond donors (Lipinski definition) is 1. The second-order valence-electron chi connectivity index (χ2n) is 4.35. The molecule has 4 nitrogen and oxygen atoms in total. The minimum Gasteiger partial charge on any atom is -0.472 e. The first-order valence-corrected chi connectivity index (χ1v) is 5.99. The number of hydrogen-bond acceptors (Lipinski definition) is 4. The van der Waals surface area contributed by atoms with Crippen molar-refractivity contribution in [1.82, 2.24) is 15.2 Å². The molecular formula is C14H15N3O. The van der Waals surface area contributed by atoms with Crippen LogP contribution in [0.5, 0.6) is 0 Å². The fourth-order valence-electron chi connectivity index (χ4n) is 2.05. The maximum absolute atomic E-state index is 5.07. The van der Waals surface area contributed by atoms with Crippen molar-refractivity contribution in [2.75, 3.05) is 6.67 Å². The molecule has 2 aromatic heterocycles. The second-order valence-corrected chi connectivity index (χ2v) is 4.35. The number of aromatic nitrogens is 1. The maximum Gasteiger partial charge on any atom is 0.0981 e. The van der Waals surface area contributed by atoms with Crippen LogP contribution >= 0.6 is 0 Å². The summed E-state index contributed by atoms with van der Waals surface area (Å²) in [7, 11) is 0. The van der Waals surface area contributed by atoms with Crippen molar-refractivity contribution in [3.05, 3.63) is 55.0 Å². The zero-order valence-electron chi connectivity index (χ0n) is 10.2. The monoisotopic (exact) mass is 241 g/mol. The summed E-state index contributed by atoms with van der Waals surface area (Å²) in [6.07, 6.45) is 9.30. The molecule has 3 heterocycles. The lowest BCUT2D eigenvalue weighted by atomic mass is 10.1. The Morgan fingerprint density at radius 3 is 2.89 bits per heavy atom. The summed E-state index contributed by atoms with van der Waals surface area (Å²) in [6, 6.07) is 6.36. The predicted molar refractivity (Wildman–Crippen MR) is 69.3 cm³/mol. The van der Waals surface area contributed by atoms with E-state index in [0.29, 0.717) is 0 Å². The van der Waals surface area contributed by atoms with Gasteiger partial charge in [-0.25, -0.2) is 0 Å². The third-order valence-electron chi connectivity index (χ3n) is 3.22. The quantitative estimate of drug-likeness (QED) is 0.897. The summed E-state index contributed by atoms with van der Waals surface area (Å²) in [5, 5.41) is 3.16. The van der Waals surface area contributed by atoms with E-state index in [2.05, 4.69) is 40.5 Å². The Morgan fingerprint density at radius 2 is 2.28 bits per heavy atom. The molecule has 18 heavy (non-hydrogen) atoms. The fourth-order valence-corrected chi connectivity index (χ4v) is 2.05. The third kappa shape index (κ3) is 1.97. The Labute approximate surface area is 106 Å². The lowest BCUT2D eigenvalue weighted by molar-refractivity contribution is 0.306. The standard InChI is InChI=1S/C14H15N3O/c1-11(17-6-5-15-10-17)14-3-2-12(8-16-14)13-4-7-18-9-13/h2-9,11,15H,10H2,1H3. The van der Waals surface area contributed by atoms with Gasteiger partial charge in [-0.15, -0.1) is 0 Å². The highest BCUT2D eigenvalue weighted by atomic mass is 16.3. The van der Waals surface area contributed by atoms with E-state index in [9.17, 15) is 0 Å². The van der Waals surface area contributed by atoms with Crippen LogP contribution in [0.25, 0.3) is 11.1 Å². The number of pyridine rings is 1. The second kappa shape index (κ2) is 4.56. The number of nitrogens with zero attached hydrogens (tertiary/aromatic N) is 2. The van der Waals surface area contributed by atoms with Crippen LogP contribution in [-0.2, 0) is 0 Å². The van der Waals surface area contributed by atoms with Crippen LogP contribution in [-0.4, -0.2) is 16.6 Å². The SMILES string of the molecule is CC(c1ccc(-c2ccoc2)cn1)N1C=CNC1. The lowest BCUT2D eigenvalue weighted by Gasteiger charge is -2.23. The highest BCUT2D eigenvalue weighted by Gasteiger charge is 2.15. The van der Waals surface area contributed by atoms with E-state index in [0.717, 1.165) is 23.5 Å². The van der Waals surface area contributed by atoms with Gasteiger partial charge in [-0.3, -0.25) is 4.98 Å². The van der Waals surface area contributed by atoms with Gasteiger partial charge in [-0.1, -0.05) is 6.07 Å². The maximum atomic E-state index is 5.07. The van der Waals surface area contributed by atoms with Crippen molar-refractivity contribution in [2.45, 2.75) is 13.0 Å². The molecule has 0 saturated carbocycles. The van der Waals surface area contributed by atoms with Gasteiger partial charge in [0.15, 0.2) is 0 Å². The smallest absolute Gasteiger partial charge is 0.0981 e. The summed E-state index contributed by atoms with van der Waals surface area (Å²) >= 11 is 0. The van der Waals surface area contributed by atoms with E-state index in [1.165, 1.54) is 0 Å². The van der Waals surface area contributed by atoms with Crippen molar-refractivity contribution < 1.29 is 4.42 Å². The zero-order valence-corrected chi connectivity index (χ0v) is 10.2. The Balaban J connectivity index is 1.80. The van der Waals surface area contributed by atoms with Crippen LogP contribution in [0.3, 0.4) is 0 Å². The van der Waals surface area contributed by atoms with E-state index >= 15 is 0 Å². The first-order valence-electron chi connectivity index (χ1n) is 5.99. The van der Waals surface area contributed by atoms with Crippen LogP contribution in [0, 0.1) is 0 Å². The predicted octanol–water partition coefficient (Wildman–Crippen LogP) is 2.74. The number of furan rings is 1. The van der Waals surface area contributed by atoms with Gasteiger partial charge in [0.1, 0.15) is 0 Å². The van der Waals surface area contributed by atoms with Crippen molar-refractivity contribution >= 4 is 0 Å². The summed E-state index contributed by atoms with van der Waals surface area (Å²) in [6.45, 7) is 2.99. The van der Waals surface area contributed by atoms with Gasteiger partial charge in [-0.2, -0.15) is 0 Å². The van der Waals surface area contributed by atoms with Crippen LogP contribution in [0.15, 0.2) is 53.7 Å². The third-order valence-corrected chi connectivity index (χ3v) is 3.22. The fraction of sp³-hybridized carbons (Fsp3) is 0.214. The van der Waals surface area contributed by atoms with Gasteiger partial charge in [0, 0.05) is 29.7 Å². The molecular weight excluding hydrogens is 226 g/mol. The number of rotatable bonds is 3. The van der Waals surface area contributed by atoms with Gasteiger partial charge in [0.25, 0.3) is 0 Å². The van der Waals surface area contributed by atoms with Gasteiger partial charge in [-0.05, 0) is 19.1 Å². The normalized spacial score (nSPS) is 15.7. The van der Waals surface area contributed by atoms with Gasteiger partial charge >= 0.3 is 0 Å². The van der Waals surface area contributed by atoms with Crippen LogP contribution in [0.1, 0.15) is 18.7 Å². The highest BCUT2D eigenvalue weighted by molar-refractivity contribution is 5.60. The van der Waals surface area contributed by atoms with Gasteiger partial charge in [0.05, 0.1) is 30.9 Å². The molecule has 0 radical (unpaired) electrons. The molecule has 0 amide bonds. The Hall–Kier alpha value is -2.23. The van der Waals surface area contributed by atoms with E-state index in [1.807, 2.05) is 18.5 Å². The van der Waals surface area contributed by atoms with Crippen molar-refractivity contribution in [1.29, 1.82) is 0 Å². The Kier molecular flexibility index (Phi) is 2.76. The highest BCUT2D eigenvalue weighted by Crippen LogP contribution is 2.23. The van der Waals surface area contributed by atoms with Crippen LogP contribution in [0.4, 0.5) is 0 Å². The van der Waals surface area contributed by atoms with Crippen molar-refractivity contribution in [2.24, 2.45) is 0 Å². The molecule has 1 N–H and O–H groups in total.